The van der Waals surface area contributed by atoms with Crippen LogP contribution in [0.4, 0.5) is 0 Å². The highest BCUT2D eigenvalue weighted by Gasteiger charge is 2.23. The second-order valence-electron chi connectivity index (χ2n) is 6.91. The number of hydrogen-bond donors (Lipinski definition) is 1. The van der Waals surface area contributed by atoms with E-state index in [1.165, 1.54) is 0 Å². The number of fused-ring (bicyclic) bond motifs is 2. The van der Waals surface area contributed by atoms with Crippen LogP contribution in [0.1, 0.15) is 48.1 Å². The minimum atomic E-state index is 0.0166. The molecule has 1 aliphatic carbocycles. The van der Waals surface area contributed by atoms with E-state index in [0.29, 0.717) is 13.0 Å². The number of aromatic nitrogens is 4. The van der Waals surface area contributed by atoms with Gasteiger partial charge in [0.15, 0.2) is 0 Å². The molecule has 1 aliphatic rings. The minimum Gasteiger partial charge on any atom is -0.349 e. The number of carbonyl (C=O) groups excluding carboxylic acids is 1. The maximum Gasteiger partial charge on any atom is 0.222 e. The first-order valence-electron chi connectivity index (χ1n) is 9.16. The molecule has 2 heterocycles. The van der Waals surface area contributed by atoms with E-state index in [-0.39, 0.29) is 11.9 Å². The first-order chi connectivity index (χ1) is 12.6. The van der Waals surface area contributed by atoms with Gasteiger partial charge < -0.3 is 5.32 Å². The van der Waals surface area contributed by atoms with E-state index in [2.05, 4.69) is 26.4 Å². The van der Waals surface area contributed by atoms with Crippen LogP contribution in [0.3, 0.4) is 0 Å². The van der Waals surface area contributed by atoms with Gasteiger partial charge in [0, 0.05) is 29.3 Å². The monoisotopic (exact) mass is 349 g/mol. The lowest BCUT2D eigenvalue weighted by molar-refractivity contribution is -0.122. The first-order valence-corrected chi connectivity index (χ1v) is 9.16. The van der Waals surface area contributed by atoms with Crippen LogP contribution in [-0.2, 0) is 17.8 Å². The minimum absolute atomic E-state index is 0.0166. The molecule has 1 aromatic carbocycles. The Balaban J connectivity index is 1.44. The maximum absolute atomic E-state index is 12.5. The lowest BCUT2D eigenvalue weighted by Crippen LogP contribution is -2.32. The number of rotatable bonds is 4. The van der Waals surface area contributed by atoms with Gasteiger partial charge in [-0.2, -0.15) is 5.10 Å². The van der Waals surface area contributed by atoms with Crippen LogP contribution in [0.2, 0.25) is 0 Å². The average molecular weight is 349 g/mol. The molecule has 2 aromatic heterocycles. The lowest BCUT2D eigenvalue weighted by atomic mass is 9.92. The fourth-order valence-electron chi connectivity index (χ4n) is 3.73. The van der Waals surface area contributed by atoms with Gasteiger partial charge in [-0.1, -0.05) is 18.2 Å². The van der Waals surface area contributed by atoms with Crippen molar-refractivity contribution < 1.29 is 4.79 Å². The Bertz CT molecular complexity index is 962. The van der Waals surface area contributed by atoms with E-state index in [1.807, 2.05) is 42.9 Å². The van der Waals surface area contributed by atoms with Crippen molar-refractivity contribution in [3.63, 3.8) is 0 Å². The highest BCUT2D eigenvalue weighted by Crippen LogP contribution is 2.28. The quantitative estimate of drug-likeness (QED) is 0.786. The molecule has 3 aromatic rings. The molecule has 1 unspecified atom stereocenters. The molecule has 0 saturated carbocycles. The summed E-state index contributed by atoms with van der Waals surface area (Å²) in [6.45, 7) is 4.48. The van der Waals surface area contributed by atoms with E-state index in [0.717, 1.165) is 52.9 Å². The summed E-state index contributed by atoms with van der Waals surface area (Å²) in [5.41, 5.74) is 4.21. The summed E-state index contributed by atoms with van der Waals surface area (Å²) < 4.78 is 1.92. The molecule has 4 rings (SSSR count). The van der Waals surface area contributed by atoms with E-state index in [1.54, 1.807) is 0 Å². The zero-order chi connectivity index (χ0) is 18.1. The number of benzene rings is 1. The van der Waals surface area contributed by atoms with Gasteiger partial charge in [-0.15, -0.1) is 0 Å². The number of hydrogen-bond acceptors (Lipinski definition) is 4. The highest BCUT2D eigenvalue weighted by atomic mass is 16.1. The zero-order valence-corrected chi connectivity index (χ0v) is 15.2. The molecule has 0 saturated heterocycles. The number of para-hydroxylation sites is 1. The van der Waals surface area contributed by atoms with Gasteiger partial charge in [-0.25, -0.2) is 9.97 Å². The second kappa shape index (κ2) is 6.86. The molecule has 0 fully saturated rings. The highest BCUT2D eigenvalue weighted by molar-refractivity contribution is 5.82. The summed E-state index contributed by atoms with van der Waals surface area (Å²) in [6.07, 6.45) is 5.21. The van der Waals surface area contributed by atoms with Gasteiger partial charge in [-0.3, -0.25) is 9.48 Å². The molecule has 0 bridgehead atoms. The smallest absolute Gasteiger partial charge is 0.222 e. The molecule has 134 valence electrons. The summed E-state index contributed by atoms with van der Waals surface area (Å²) in [4.78, 5) is 21.3. The van der Waals surface area contributed by atoms with Crippen molar-refractivity contribution in [2.45, 2.75) is 52.1 Å². The van der Waals surface area contributed by atoms with Crippen molar-refractivity contribution >= 4 is 16.8 Å². The molecule has 1 atom stereocenters. The number of nitrogens with zero attached hydrogens (tertiary/aromatic N) is 4. The van der Waals surface area contributed by atoms with Crippen LogP contribution >= 0.6 is 0 Å². The molecule has 0 spiro atoms. The van der Waals surface area contributed by atoms with Crippen molar-refractivity contribution in [2.24, 2.45) is 0 Å². The predicted octanol–water partition coefficient (Wildman–Crippen LogP) is 3.03. The third-order valence-electron chi connectivity index (χ3n) is 5.03. The van der Waals surface area contributed by atoms with Crippen LogP contribution in [0.15, 0.2) is 30.5 Å². The fourth-order valence-corrected chi connectivity index (χ4v) is 3.73. The normalized spacial score (nSPS) is 16.5. The van der Waals surface area contributed by atoms with E-state index < -0.39 is 0 Å². The predicted molar refractivity (Wildman–Crippen MR) is 99.7 cm³/mol. The second-order valence-corrected chi connectivity index (χ2v) is 6.91. The van der Waals surface area contributed by atoms with Gasteiger partial charge in [0.05, 0.1) is 23.8 Å². The Morgan fingerprint density at radius 1 is 1.31 bits per heavy atom. The van der Waals surface area contributed by atoms with E-state index in [9.17, 15) is 4.79 Å². The molecule has 0 radical (unpaired) electrons. The van der Waals surface area contributed by atoms with Crippen LogP contribution in [-0.4, -0.2) is 25.7 Å². The van der Waals surface area contributed by atoms with Gasteiger partial charge in [-0.05, 0) is 39.2 Å². The van der Waals surface area contributed by atoms with Gasteiger partial charge in [0.2, 0.25) is 5.91 Å². The summed E-state index contributed by atoms with van der Waals surface area (Å²) in [6, 6.07) is 8.14. The first kappa shape index (κ1) is 16.7. The van der Waals surface area contributed by atoms with Crippen LogP contribution < -0.4 is 5.32 Å². The zero-order valence-electron chi connectivity index (χ0n) is 15.2. The molecular formula is C20H23N5O. The number of nitrogens with one attached hydrogen (secondary N) is 1. The SMILES string of the molecule is Cc1ncc2c(n1)CCCC2NC(=O)CCn1nc(C)c2ccccc21. The average Bonchev–Trinajstić information content (AvgIpc) is 2.96. The Morgan fingerprint density at radius 2 is 2.15 bits per heavy atom. The van der Waals surface area contributed by atoms with Crippen LogP contribution in [0, 0.1) is 13.8 Å². The van der Waals surface area contributed by atoms with Crippen molar-refractivity contribution in [1.82, 2.24) is 25.1 Å². The fraction of sp³-hybridized carbons (Fsp3) is 0.400. The van der Waals surface area contributed by atoms with Crippen LogP contribution in [0.5, 0.6) is 0 Å². The van der Waals surface area contributed by atoms with Gasteiger partial charge in [0.25, 0.3) is 0 Å². The molecule has 6 heteroatoms. The number of carbonyl (C=O) groups is 1. The Morgan fingerprint density at radius 3 is 3.04 bits per heavy atom. The van der Waals surface area contributed by atoms with Crippen molar-refractivity contribution in [3.05, 3.63) is 53.2 Å². The van der Waals surface area contributed by atoms with Crippen molar-refractivity contribution in [1.29, 1.82) is 0 Å². The Hall–Kier alpha value is -2.76. The standard InChI is InChI=1S/C20H23N5O/c1-13-15-6-3-4-9-19(15)25(24-13)11-10-20(26)23-18-8-5-7-17-16(18)12-21-14(2)22-17/h3-4,6,9,12,18H,5,7-8,10-11H2,1-2H3,(H,23,26). The summed E-state index contributed by atoms with van der Waals surface area (Å²) in [5, 5.41) is 8.87. The molecule has 1 amide bonds. The van der Waals surface area contributed by atoms with Gasteiger partial charge in [0.1, 0.15) is 5.82 Å². The number of amides is 1. The maximum atomic E-state index is 12.5. The van der Waals surface area contributed by atoms with Gasteiger partial charge >= 0.3 is 0 Å². The third kappa shape index (κ3) is 3.19. The summed E-state index contributed by atoms with van der Waals surface area (Å²) >= 11 is 0. The Kier molecular flexibility index (Phi) is 4.41. The molecule has 0 aliphatic heterocycles. The van der Waals surface area contributed by atoms with E-state index >= 15 is 0 Å². The van der Waals surface area contributed by atoms with Crippen molar-refractivity contribution in [3.8, 4) is 0 Å². The third-order valence-corrected chi connectivity index (χ3v) is 5.03. The van der Waals surface area contributed by atoms with Crippen molar-refractivity contribution in [2.75, 3.05) is 0 Å². The van der Waals surface area contributed by atoms with E-state index in [4.69, 9.17) is 0 Å². The molecule has 1 N–H and O–H groups in total. The Labute approximate surface area is 152 Å². The van der Waals surface area contributed by atoms with Crippen LogP contribution in [0.25, 0.3) is 10.9 Å². The summed E-state index contributed by atoms with van der Waals surface area (Å²) in [5.74, 6) is 0.831. The lowest BCUT2D eigenvalue weighted by Gasteiger charge is -2.25. The number of aryl methyl sites for hydroxylation is 4. The molecule has 26 heavy (non-hydrogen) atoms. The topological polar surface area (TPSA) is 72.7 Å². The molecular weight excluding hydrogens is 326 g/mol. The molecule has 6 nitrogen and oxygen atoms in total. The largest absolute Gasteiger partial charge is 0.349 e. The summed E-state index contributed by atoms with van der Waals surface area (Å²) in [7, 11) is 0.